The van der Waals surface area contributed by atoms with E-state index in [0.29, 0.717) is 65.1 Å². The van der Waals surface area contributed by atoms with E-state index in [1.165, 1.54) is 0 Å². The largest absolute Gasteiger partial charge is 0.466 e. The van der Waals surface area contributed by atoms with Gasteiger partial charge in [0.15, 0.2) is 0 Å². The van der Waals surface area contributed by atoms with Crippen LogP contribution in [0.25, 0.3) is 0 Å². The minimum atomic E-state index is -1.02. The van der Waals surface area contributed by atoms with Gasteiger partial charge in [-0.1, -0.05) is 6.08 Å². The molecule has 4 fully saturated rings. The van der Waals surface area contributed by atoms with Crippen LogP contribution in [0.1, 0.15) is 32.6 Å². The fourth-order valence-corrected chi connectivity index (χ4v) is 6.28. The summed E-state index contributed by atoms with van der Waals surface area (Å²) in [6, 6.07) is -0.798. The Morgan fingerprint density at radius 2 is 2.06 bits per heavy atom. The molecule has 0 aliphatic carbocycles. The maximum absolute atomic E-state index is 14.1. The van der Waals surface area contributed by atoms with Crippen molar-refractivity contribution in [2.45, 2.75) is 50.4 Å². The van der Waals surface area contributed by atoms with Gasteiger partial charge in [0, 0.05) is 45.9 Å². The molecule has 0 aromatic heterocycles. The van der Waals surface area contributed by atoms with Crippen LogP contribution in [0.15, 0.2) is 12.7 Å². The van der Waals surface area contributed by atoms with Crippen molar-refractivity contribution in [3.63, 3.8) is 0 Å². The van der Waals surface area contributed by atoms with Crippen molar-refractivity contribution in [3.8, 4) is 0 Å². The molecule has 4 heterocycles. The standard InChI is InChI=1S/C25H39N3O7/c1-3-9-27(12-11-26-13-16-33-17-14-26)23(31)21-25-8-7-18(35-25)19(24(32)34-4-2)20(25)22(30)28(21)10-5-6-15-29/h3,18-21,29H,1,4-17H2,2H3/t18-,19+,20-,21?,25?/m0/s1. The van der Waals surface area contributed by atoms with Crippen LogP contribution in [-0.4, -0.2) is 121 Å². The molecule has 5 atom stereocenters. The Hall–Kier alpha value is -2.01. The van der Waals surface area contributed by atoms with Gasteiger partial charge in [-0.05, 0) is 32.6 Å². The van der Waals surface area contributed by atoms with Crippen molar-refractivity contribution in [3.05, 3.63) is 12.7 Å². The van der Waals surface area contributed by atoms with Gasteiger partial charge in [0.2, 0.25) is 11.8 Å². The second kappa shape index (κ2) is 11.4. The van der Waals surface area contributed by atoms with Crippen LogP contribution in [0.5, 0.6) is 0 Å². The second-order valence-corrected chi connectivity index (χ2v) is 9.80. The van der Waals surface area contributed by atoms with Gasteiger partial charge in [-0.3, -0.25) is 19.3 Å². The van der Waals surface area contributed by atoms with Crippen LogP contribution < -0.4 is 0 Å². The van der Waals surface area contributed by atoms with Gasteiger partial charge >= 0.3 is 5.97 Å². The zero-order valence-electron chi connectivity index (χ0n) is 20.7. The number of hydrogen-bond acceptors (Lipinski definition) is 8. The summed E-state index contributed by atoms with van der Waals surface area (Å²) in [4.78, 5) is 46.3. The molecule has 4 aliphatic heterocycles. The Kier molecular flexibility index (Phi) is 8.46. The molecule has 0 radical (unpaired) electrons. The highest BCUT2D eigenvalue weighted by atomic mass is 16.6. The van der Waals surface area contributed by atoms with Crippen molar-refractivity contribution in [1.82, 2.24) is 14.7 Å². The number of rotatable bonds is 12. The van der Waals surface area contributed by atoms with Crippen molar-refractivity contribution in [2.75, 3.05) is 65.7 Å². The van der Waals surface area contributed by atoms with Gasteiger partial charge < -0.3 is 29.1 Å². The molecule has 2 unspecified atom stereocenters. The summed E-state index contributed by atoms with van der Waals surface area (Å²) in [5.74, 6) is -2.20. The van der Waals surface area contributed by atoms with Crippen molar-refractivity contribution in [1.29, 1.82) is 0 Å². The number of morpholine rings is 1. The Bertz CT molecular complexity index is 802. The number of nitrogens with zero attached hydrogens (tertiary/aromatic N) is 3. The maximum Gasteiger partial charge on any atom is 0.312 e. The van der Waals surface area contributed by atoms with E-state index in [4.69, 9.17) is 14.2 Å². The van der Waals surface area contributed by atoms with Crippen LogP contribution >= 0.6 is 0 Å². The predicted octanol–water partition coefficient (Wildman–Crippen LogP) is 0.0434. The van der Waals surface area contributed by atoms with Crippen molar-refractivity contribution >= 4 is 17.8 Å². The minimum Gasteiger partial charge on any atom is -0.466 e. The summed E-state index contributed by atoms with van der Waals surface area (Å²) < 4.78 is 17.1. The van der Waals surface area contributed by atoms with E-state index in [2.05, 4.69) is 11.5 Å². The highest BCUT2D eigenvalue weighted by Gasteiger charge is 2.74. The summed E-state index contributed by atoms with van der Waals surface area (Å²) in [5, 5.41) is 9.28. The smallest absolute Gasteiger partial charge is 0.312 e. The van der Waals surface area contributed by atoms with Gasteiger partial charge in [0.25, 0.3) is 0 Å². The minimum absolute atomic E-state index is 0.0153. The fraction of sp³-hybridized carbons (Fsp3) is 0.800. The molecule has 0 aromatic rings. The number of fused-ring (bicyclic) bond motifs is 1. The first-order valence-electron chi connectivity index (χ1n) is 12.9. The van der Waals surface area contributed by atoms with Crippen LogP contribution in [0, 0.1) is 11.8 Å². The molecule has 0 aromatic carbocycles. The van der Waals surface area contributed by atoms with Gasteiger partial charge in [0.1, 0.15) is 11.6 Å². The molecule has 0 saturated carbocycles. The van der Waals surface area contributed by atoms with E-state index >= 15 is 0 Å². The van der Waals surface area contributed by atoms with Crippen molar-refractivity contribution < 1.29 is 33.7 Å². The Morgan fingerprint density at radius 1 is 1.29 bits per heavy atom. The quantitative estimate of drug-likeness (QED) is 0.231. The van der Waals surface area contributed by atoms with Crippen LogP contribution in [0.4, 0.5) is 0 Å². The summed E-state index contributed by atoms with van der Waals surface area (Å²) >= 11 is 0. The zero-order chi connectivity index (χ0) is 25.0. The number of esters is 1. The highest BCUT2D eigenvalue weighted by molar-refractivity contribution is 5.98. The number of ether oxygens (including phenoxy) is 3. The molecule has 2 amide bonds. The van der Waals surface area contributed by atoms with E-state index in [-0.39, 0.29) is 25.0 Å². The Morgan fingerprint density at radius 3 is 2.74 bits per heavy atom. The predicted molar refractivity (Wildman–Crippen MR) is 126 cm³/mol. The number of carbonyl (C=O) groups is 3. The molecule has 2 bridgehead atoms. The Labute approximate surface area is 207 Å². The molecular formula is C25H39N3O7. The zero-order valence-corrected chi connectivity index (χ0v) is 20.7. The monoisotopic (exact) mass is 493 g/mol. The first-order valence-corrected chi connectivity index (χ1v) is 12.9. The first-order chi connectivity index (χ1) is 17.0. The Balaban J connectivity index is 1.60. The molecule has 1 N–H and O–H groups in total. The number of amides is 2. The van der Waals surface area contributed by atoms with Crippen molar-refractivity contribution in [2.24, 2.45) is 11.8 Å². The number of unbranched alkanes of at least 4 members (excludes halogenated alkanes) is 1. The number of hydrogen-bond donors (Lipinski definition) is 1. The number of aliphatic hydroxyl groups is 1. The van der Waals surface area contributed by atoms with Crippen LogP contribution in [-0.2, 0) is 28.6 Å². The second-order valence-electron chi connectivity index (χ2n) is 9.80. The molecule has 4 aliphatic rings. The summed E-state index contributed by atoms with van der Waals surface area (Å²) in [5.41, 5.74) is -1.02. The molecule has 1 spiro atoms. The average molecular weight is 494 g/mol. The highest BCUT2D eigenvalue weighted by Crippen LogP contribution is 2.58. The average Bonchev–Trinajstić information content (AvgIpc) is 3.50. The third-order valence-corrected chi connectivity index (χ3v) is 7.85. The van der Waals surface area contributed by atoms with Gasteiger partial charge in [-0.15, -0.1) is 6.58 Å². The molecule has 196 valence electrons. The molecule has 10 nitrogen and oxygen atoms in total. The molecular weight excluding hydrogens is 454 g/mol. The lowest BCUT2D eigenvalue weighted by Crippen LogP contribution is -2.57. The van der Waals surface area contributed by atoms with Crippen LogP contribution in [0.3, 0.4) is 0 Å². The molecule has 4 rings (SSSR count). The lowest BCUT2D eigenvalue weighted by Gasteiger charge is -2.37. The number of carbonyl (C=O) groups excluding carboxylic acids is 3. The third-order valence-electron chi connectivity index (χ3n) is 7.85. The van der Waals surface area contributed by atoms with E-state index in [1.807, 2.05) is 0 Å². The van der Waals surface area contributed by atoms with E-state index in [1.54, 1.807) is 22.8 Å². The lowest BCUT2D eigenvalue weighted by molar-refractivity contribution is -0.155. The molecule has 10 heteroatoms. The fourth-order valence-electron chi connectivity index (χ4n) is 6.28. The molecule has 4 saturated heterocycles. The SMILES string of the molecule is C=CCN(CCN1CCOCC1)C(=O)C1N(CCCCO)C(=O)[C@@H]2[C@H](C(=O)OCC)[C@@H]3CCC12O3. The van der Waals surface area contributed by atoms with Crippen LogP contribution in [0.2, 0.25) is 0 Å². The van der Waals surface area contributed by atoms with Gasteiger partial charge in [-0.2, -0.15) is 0 Å². The van der Waals surface area contributed by atoms with Gasteiger partial charge in [0.05, 0.1) is 37.8 Å². The third kappa shape index (κ3) is 4.85. The van der Waals surface area contributed by atoms with E-state index in [9.17, 15) is 19.5 Å². The summed E-state index contributed by atoms with van der Waals surface area (Å²) in [6.45, 7) is 10.7. The maximum atomic E-state index is 14.1. The van der Waals surface area contributed by atoms with Gasteiger partial charge in [-0.25, -0.2) is 0 Å². The summed E-state index contributed by atoms with van der Waals surface area (Å²) in [6.07, 6.45) is 3.57. The van der Waals surface area contributed by atoms with E-state index in [0.717, 1.165) is 13.1 Å². The van der Waals surface area contributed by atoms with E-state index < -0.39 is 35.6 Å². The summed E-state index contributed by atoms with van der Waals surface area (Å²) in [7, 11) is 0. The number of likely N-dealkylation sites (tertiary alicyclic amines) is 1. The normalized spacial score (nSPS) is 32.1. The topological polar surface area (TPSA) is 109 Å². The number of aliphatic hydroxyl groups excluding tert-OH is 1. The first kappa shape index (κ1) is 26.1. The lowest BCUT2D eigenvalue weighted by atomic mass is 9.70. The molecule has 35 heavy (non-hydrogen) atoms.